The number of carbonyl (C=O) groups is 1. The number of anilines is 1. The highest BCUT2D eigenvalue weighted by Gasteiger charge is 2.17. The second-order valence-corrected chi connectivity index (χ2v) is 3.60. The average Bonchev–Trinajstić information content (AvgIpc) is 2.70. The van der Waals surface area contributed by atoms with Crippen LogP contribution in [0.3, 0.4) is 0 Å². The van der Waals surface area contributed by atoms with Gasteiger partial charge >= 0.3 is 0 Å². The van der Waals surface area contributed by atoms with Gasteiger partial charge in [-0.15, -0.1) is 0 Å². The lowest BCUT2D eigenvalue weighted by Gasteiger charge is -2.19. The fourth-order valence-electron chi connectivity index (χ4n) is 2.00. The number of carbonyl (C=O) groups excluding carboxylic acids is 1. The van der Waals surface area contributed by atoms with Crippen molar-refractivity contribution in [3.8, 4) is 0 Å². The number of hydrogen-bond acceptors (Lipinski definition) is 3. The van der Waals surface area contributed by atoms with Gasteiger partial charge in [0.25, 0.3) is 0 Å². The highest BCUT2D eigenvalue weighted by molar-refractivity contribution is 6.00. The quantitative estimate of drug-likeness (QED) is 0.738. The first kappa shape index (κ1) is 10.7. The van der Waals surface area contributed by atoms with E-state index in [4.69, 9.17) is 4.42 Å². The molecule has 0 bridgehead atoms. The summed E-state index contributed by atoms with van der Waals surface area (Å²) in [5.41, 5.74) is 1.68. The molecule has 0 saturated heterocycles. The first-order valence-electron chi connectivity index (χ1n) is 5.53. The van der Waals surface area contributed by atoms with E-state index in [0.717, 1.165) is 36.0 Å². The summed E-state index contributed by atoms with van der Waals surface area (Å²) in [6.07, 6.45) is 0.785. The molecule has 0 unspecified atom stereocenters. The van der Waals surface area contributed by atoms with Crippen molar-refractivity contribution in [2.45, 2.75) is 13.8 Å². The van der Waals surface area contributed by atoms with Crippen molar-refractivity contribution in [2.24, 2.45) is 0 Å². The number of rotatable bonds is 4. The van der Waals surface area contributed by atoms with E-state index in [1.807, 2.05) is 24.3 Å². The molecule has 0 amide bonds. The smallest absolute Gasteiger partial charge is 0.191 e. The van der Waals surface area contributed by atoms with E-state index in [-0.39, 0.29) is 0 Å². The maximum atomic E-state index is 11.0. The molecule has 0 N–H and O–H groups in total. The van der Waals surface area contributed by atoms with Crippen LogP contribution in [0.5, 0.6) is 0 Å². The Morgan fingerprint density at radius 3 is 2.56 bits per heavy atom. The molecule has 1 aromatic carbocycles. The number of benzene rings is 1. The van der Waals surface area contributed by atoms with Gasteiger partial charge in [0.1, 0.15) is 5.58 Å². The minimum absolute atomic E-state index is 0.421. The van der Waals surface area contributed by atoms with E-state index in [1.165, 1.54) is 0 Å². The third kappa shape index (κ3) is 1.58. The molecule has 3 nitrogen and oxygen atoms in total. The molecule has 1 aromatic heterocycles. The lowest BCUT2D eigenvalue weighted by Crippen LogP contribution is -2.22. The van der Waals surface area contributed by atoms with Crippen molar-refractivity contribution in [1.82, 2.24) is 0 Å². The van der Waals surface area contributed by atoms with Crippen LogP contribution in [0.2, 0.25) is 0 Å². The van der Waals surface area contributed by atoms with Crippen LogP contribution < -0.4 is 4.90 Å². The van der Waals surface area contributed by atoms with Crippen LogP contribution in [-0.2, 0) is 0 Å². The van der Waals surface area contributed by atoms with E-state index in [9.17, 15) is 4.79 Å². The second kappa shape index (κ2) is 4.39. The molecule has 0 saturated carbocycles. The third-order valence-corrected chi connectivity index (χ3v) is 2.78. The van der Waals surface area contributed by atoms with E-state index in [2.05, 4.69) is 18.7 Å². The number of para-hydroxylation sites is 1. The molecule has 0 spiro atoms. The highest BCUT2D eigenvalue weighted by atomic mass is 16.3. The zero-order chi connectivity index (χ0) is 11.5. The Kier molecular flexibility index (Phi) is 2.95. The number of aldehydes is 1. The molecule has 84 valence electrons. The highest BCUT2D eigenvalue weighted by Crippen LogP contribution is 2.32. The van der Waals surface area contributed by atoms with Crippen molar-refractivity contribution in [3.63, 3.8) is 0 Å². The predicted octanol–water partition coefficient (Wildman–Crippen LogP) is 3.09. The van der Waals surface area contributed by atoms with Crippen molar-refractivity contribution in [1.29, 1.82) is 0 Å². The van der Waals surface area contributed by atoms with Gasteiger partial charge in [0.15, 0.2) is 12.0 Å². The zero-order valence-electron chi connectivity index (χ0n) is 9.56. The molecule has 0 aliphatic rings. The molecule has 0 aliphatic carbocycles. The van der Waals surface area contributed by atoms with Crippen LogP contribution >= 0.6 is 0 Å². The molecule has 3 heteroatoms. The Balaban J connectivity index is 2.68. The Bertz CT molecular complexity index is 498. The Morgan fingerprint density at radius 2 is 1.94 bits per heavy atom. The first-order valence-corrected chi connectivity index (χ1v) is 5.53. The minimum atomic E-state index is 0.421. The lowest BCUT2D eigenvalue weighted by atomic mass is 10.2. The number of furan rings is 1. The van der Waals surface area contributed by atoms with Crippen LogP contribution in [0.4, 0.5) is 5.69 Å². The summed E-state index contributed by atoms with van der Waals surface area (Å²) in [5, 5.41) is 1.01. The van der Waals surface area contributed by atoms with Gasteiger partial charge in [-0.25, -0.2) is 0 Å². The Hall–Kier alpha value is -1.77. The molecule has 0 radical (unpaired) electrons. The van der Waals surface area contributed by atoms with E-state index in [0.29, 0.717) is 5.76 Å². The second-order valence-electron chi connectivity index (χ2n) is 3.60. The van der Waals surface area contributed by atoms with E-state index < -0.39 is 0 Å². The van der Waals surface area contributed by atoms with Gasteiger partial charge in [0, 0.05) is 18.5 Å². The molecule has 2 rings (SSSR count). The van der Waals surface area contributed by atoms with Crippen LogP contribution in [0.1, 0.15) is 24.4 Å². The monoisotopic (exact) mass is 217 g/mol. The summed E-state index contributed by atoms with van der Waals surface area (Å²) >= 11 is 0. The standard InChI is InChI=1S/C13H15NO2/c1-3-14(4-2)13-10-7-5-6-8-11(10)16-12(13)9-15/h5-9H,3-4H2,1-2H3. The van der Waals surface area contributed by atoms with Gasteiger partial charge in [0.05, 0.1) is 5.69 Å². The number of hydrogen-bond donors (Lipinski definition) is 0. The fraction of sp³-hybridized carbons (Fsp3) is 0.308. The average molecular weight is 217 g/mol. The van der Waals surface area contributed by atoms with E-state index in [1.54, 1.807) is 0 Å². The number of nitrogens with zero attached hydrogens (tertiary/aromatic N) is 1. The van der Waals surface area contributed by atoms with Crippen molar-refractivity contribution < 1.29 is 9.21 Å². The summed E-state index contributed by atoms with van der Waals surface area (Å²) in [5.74, 6) is 0.421. The minimum Gasteiger partial charge on any atom is -0.451 e. The topological polar surface area (TPSA) is 33.5 Å². The molecule has 2 aromatic rings. The summed E-state index contributed by atoms with van der Waals surface area (Å²) in [6, 6.07) is 7.74. The zero-order valence-corrected chi connectivity index (χ0v) is 9.56. The van der Waals surface area contributed by atoms with Crippen molar-refractivity contribution in [2.75, 3.05) is 18.0 Å². The molecule has 16 heavy (non-hydrogen) atoms. The third-order valence-electron chi connectivity index (χ3n) is 2.78. The predicted molar refractivity (Wildman–Crippen MR) is 65.2 cm³/mol. The van der Waals surface area contributed by atoms with Crippen molar-refractivity contribution >= 4 is 22.9 Å². The fourth-order valence-corrected chi connectivity index (χ4v) is 2.00. The molecule has 0 aliphatic heterocycles. The molecule has 1 heterocycles. The van der Waals surface area contributed by atoms with Crippen LogP contribution in [-0.4, -0.2) is 19.4 Å². The van der Waals surface area contributed by atoms with Gasteiger partial charge in [-0.2, -0.15) is 0 Å². The first-order chi connectivity index (χ1) is 7.81. The summed E-state index contributed by atoms with van der Waals surface area (Å²) < 4.78 is 5.52. The van der Waals surface area contributed by atoms with Gasteiger partial charge in [-0.3, -0.25) is 4.79 Å². The maximum Gasteiger partial charge on any atom is 0.191 e. The van der Waals surface area contributed by atoms with Gasteiger partial charge < -0.3 is 9.32 Å². The maximum absolute atomic E-state index is 11.0. The summed E-state index contributed by atoms with van der Waals surface area (Å²) in [6.45, 7) is 5.86. The van der Waals surface area contributed by atoms with E-state index >= 15 is 0 Å². The van der Waals surface area contributed by atoms with Gasteiger partial charge in [-0.05, 0) is 26.0 Å². The normalized spacial score (nSPS) is 10.6. The van der Waals surface area contributed by atoms with Crippen LogP contribution in [0, 0.1) is 0 Å². The SMILES string of the molecule is CCN(CC)c1c(C=O)oc2ccccc12. The summed E-state index contributed by atoms with van der Waals surface area (Å²) in [7, 11) is 0. The molecular formula is C13H15NO2. The molecule has 0 fully saturated rings. The van der Waals surface area contributed by atoms with Crippen molar-refractivity contribution in [3.05, 3.63) is 30.0 Å². The van der Waals surface area contributed by atoms with Crippen LogP contribution in [0.25, 0.3) is 11.0 Å². The molecular weight excluding hydrogens is 202 g/mol. The van der Waals surface area contributed by atoms with Gasteiger partial charge in [-0.1, -0.05) is 12.1 Å². The molecule has 0 atom stereocenters. The summed E-state index contributed by atoms with van der Waals surface area (Å²) in [4.78, 5) is 13.1. The van der Waals surface area contributed by atoms with Gasteiger partial charge in [0.2, 0.25) is 0 Å². The number of fused-ring (bicyclic) bond motifs is 1. The largest absolute Gasteiger partial charge is 0.451 e. The Labute approximate surface area is 94.7 Å². The Morgan fingerprint density at radius 1 is 1.25 bits per heavy atom. The van der Waals surface area contributed by atoms with Crippen LogP contribution in [0.15, 0.2) is 28.7 Å². The lowest BCUT2D eigenvalue weighted by molar-refractivity contribution is 0.110.